The molecule has 3 amide bonds. The molecule has 27 heavy (non-hydrogen) atoms. The van der Waals surface area contributed by atoms with E-state index in [9.17, 15) is 19.2 Å². The molecule has 8 heteroatoms. The van der Waals surface area contributed by atoms with Crippen LogP contribution in [0.25, 0.3) is 0 Å². The Balaban J connectivity index is 1.50. The van der Waals surface area contributed by atoms with Gasteiger partial charge in [-0.05, 0) is 25.0 Å². The molecule has 0 radical (unpaired) electrons. The Hall–Kier alpha value is -2.90. The number of anilines is 1. The third-order valence-electron chi connectivity index (χ3n) is 4.96. The molecule has 0 bridgehead atoms. The maximum absolute atomic E-state index is 12.3. The second-order valence-corrected chi connectivity index (χ2v) is 6.67. The van der Waals surface area contributed by atoms with Gasteiger partial charge in [0.15, 0.2) is 6.61 Å². The molecule has 1 saturated heterocycles. The van der Waals surface area contributed by atoms with Crippen LogP contribution >= 0.6 is 0 Å². The van der Waals surface area contributed by atoms with Gasteiger partial charge in [-0.15, -0.1) is 0 Å². The number of esters is 1. The summed E-state index contributed by atoms with van der Waals surface area (Å²) in [6, 6.07) is 6.83. The number of nitrogens with zero attached hydrogens (tertiary/aromatic N) is 1. The van der Waals surface area contributed by atoms with E-state index in [1.54, 1.807) is 24.3 Å². The van der Waals surface area contributed by atoms with Gasteiger partial charge in [-0.1, -0.05) is 25.0 Å². The highest BCUT2D eigenvalue weighted by Crippen LogP contribution is 2.37. The van der Waals surface area contributed by atoms with Crippen LogP contribution in [-0.2, 0) is 23.9 Å². The molecule has 2 fully saturated rings. The minimum absolute atomic E-state index is 0.305. The van der Waals surface area contributed by atoms with Crippen LogP contribution in [0.1, 0.15) is 25.7 Å². The second kappa shape index (κ2) is 8.20. The van der Waals surface area contributed by atoms with Gasteiger partial charge >= 0.3 is 5.97 Å². The number of rotatable bonds is 6. The average molecular weight is 374 g/mol. The molecule has 1 heterocycles. The van der Waals surface area contributed by atoms with Crippen molar-refractivity contribution in [1.82, 2.24) is 4.90 Å². The number of para-hydroxylation sites is 2. The summed E-state index contributed by atoms with van der Waals surface area (Å²) < 4.78 is 10.0. The first-order chi connectivity index (χ1) is 13.0. The number of nitrogens with one attached hydrogen (secondary N) is 1. The Bertz CT molecular complexity index is 738. The van der Waals surface area contributed by atoms with Gasteiger partial charge in [-0.3, -0.25) is 24.1 Å². The smallest absolute Gasteiger partial charge is 0.326 e. The number of amides is 3. The summed E-state index contributed by atoms with van der Waals surface area (Å²) in [5.41, 5.74) is 0.454. The van der Waals surface area contributed by atoms with Crippen molar-refractivity contribution in [2.24, 2.45) is 11.8 Å². The third-order valence-corrected chi connectivity index (χ3v) is 4.96. The van der Waals surface area contributed by atoms with Crippen molar-refractivity contribution in [3.05, 3.63) is 24.3 Å². The predicted octanol–water partition coefficient (Wildman–Crippen LogP) is 1.35. The largest absolute Gasteiger partial charge is 0.495 e. The highest BCUT2D eigenvalue weighted by Gasteiger charge is 2.48. The molecule has 0 unspecified atom stereocenters. The van der Waals surface area contributed by atoms with Crippen molar-refractivity contribution in [1.29, 1.82) is 0 Å². The van der Waals surface area contributed by atoms with Crippen LogP contribution in [0.3, 0.4) is 0 Å². The zero-order chi connectivity index (χ0) is 19.4. The maximum Gasteiger partial charge on any atom is 0.326 e. The van der Waals surface area contributed by atoms with Gasteiger partial charge < -0.3 is 14.8 Å². The second-order valence-electron chi connectivity index (χ2n) is 6.67. The van der Waals surface area contributed by atoms with Crippen LogP contribution in [-0.4, -0.2) is 48.9 Å². The number of hydrogen-bond donors (Lipinski definition) is 1. The molecule has 0 spiro atoms. The predicted molar refractivity (Wildman–Crippen MR) is 94.8 cm³/mol. The van der Waals surface area contributed by atoms with Gasteiger partial charge in [0.25, 0.3) is 5.91 Å². The maximum atomic E-state index is 12.3. The summed E-state index contributed by atoms with van der Waals surface area (Å²) in [6.45, 7) is -0.966. The van der Waals surface area contributed by atoms with Crippen molar-refractivity contribution in [3.8, 4) is 5.75 Å². The molecule has 1 aliphatic carbocycles. The number of carbonyl (C=O) groups excluding carboxylic acids is 4. The van der Waals surface area contributed by atoms with E-state index in [2.05, 4.69) is 5.32 Å². The van der Waals surface area contributed by atoms with E-state index in [-0.39, 0.29) is 23.7 Å². The first-order valence-corrected chi connectivity index (χ1v) is 8.95. The Morgan fingerprint density at radius 3 is 2.37 bits per heavy atom. The van der Waals surface area contributed by atoms with Crippen LogP contribution in [0.15, 0.2) is 24.3 Å². The molecular formula is C19H22N2O6. The number of fused-ring (bicyclic) bond motifs is 1. The summed E-state index contributed by atoms with van der Waals surface area (Å²) in [7, 11) is 1.48. The monoisotopic (exact) mass is 374 g/mol. The molecule has 8 nitrogen and oxygen atoms in total. The molecule has 3 rings (SSSR count). The van der Waals surface area contributed by atoms with Gasteiger partial charge in [0.05, 0.1) is 24.6 Å². The highest BCUT2D eigenvalue weighted by molar-refractivity contribution is 6.07. The molecule has 0 aromatic heterocycles. The van der Waals surface area contributed by atoms with Gasteiger partial charge in [0, 0.05) is 0 Å². The number of methoxy groups -OCH3 is 1. The molecule has 144 valence electrons. The van der Waals surface area contributed by atoms with E-state index in [1.165, 1.54) is 7.11 Å². The van der Waals surface area contributed by atoms with E-state index in [0.717, 1.165) is 17.7 Å². The summed E-state index contributed by atoms with van der Waals surface area (Å²) in [6.07, 6.45) is 3.20. The molecule has 1 N–H and O–H groups in total. The van der Waals surface area contributed by atoms with E-state index in [4.69, 9.17) is 9.47 Å². The minimum Gasteiger partial charge on any atom is -0.495 e. The van der Waals surface area contributed by atoms with E-state index < -0.39 is 25.0 Å². The minimum atomic E-state index is -0.787. The fourth-order valence-corrected chi connectivity index (χ4v) is 3.64. The first kappa shape index (κ1) is 18.9. The number of likely N-dealkylation sites (tertiary alicyclic amines) is 1. The first-order valence-electron chi connectivity index (χ1n) is 8.95. The lowest BCUT2D eigenvalue weighted by Gasteiger charge is -2.19. The van der Waals surface area contributed by atoms with Gasteiger partial charge in [-0.2, -0.15) is 0 Å². The van der Waals surface area contributed by atoms with Crippen molar-refractivity contribution in [2.75, 3.05) is 25.6 Å². The Kier molecular flexibility index (Phi) is 5.73. The summed E-state index contributed by atoms with van der Waals surface area (Å²) in [4.78, 5) is 49.6. The number of ether oxygens (including phenoxy) is 2. The normalized spacial score (nSPS) is 21.6. The number of imide groups is 1. The lowest BCUT2D eigenvalue weighted by atomic mass is 9.81. The van der Waals surface area contributed by atoms with Crippen LogP contribution in [0.4, 0.5) is 5.69 Å². The lowest BCUT2D eigenvalue weighted by molar-refractivity contribution is -0.154. The summed E-state index contributed by atoms with van der Waals surface area (Å²) >= 11 is 0. The molecular weight excluding hydrogens is 352 g/mol. The molecule has 2 aliphatic rings. The lowest BCUT2D eigenvalue weighted by Crippen LogP contribution is -2.37. The third kappa shape index (κ3) is 4.10. The molecule has 1 saturated carbocycles. The molecule has 1 aliphatic heterocycles. The Morgan fingerprint density at radius 2 is 1.74 bits per heavy atom. The zero-order valence-corrected chi connectivity index (χ0v) is 15.1. The summed E-state index contributed by atoms with van der Waals surface area (Å²) in [5.74, 6) is -2.08. The average Bonchev–Trinajstić information content (AvgIpc) is 2.92. The van der Waals surface area contributed by atoms with Crippen molar-refractivity contribution in [3.63, 3.8) is 0 Å². The van der Waals surface area contributed by atoms with Crippen molar-refractivity contribution < 1.29 is 28.7 Å². The van der Waals surface area contributed by atoms with Gasteiger partial charge in [0.1, 0.15) is 12.3 Å². The van der Waals surface area contributed by atoms with Gasteiger partial charge in [0.2, 0.25) is 11.8 Å². The fraction of sp³-hybridized carbons (Fsp3) is 0.474. The fourth-order valence-electron chi connectivity index (χ4n) is 3.64. The number of hydrogen-bond acceptors (Lipinski definition) is 6. The standard InChI is InChI=1S/C19H22N2O6/c1-26-15-9-5-4-8-14(15)20-16(22)11-27-17(23)10-21-18(24)12-6-2-3-7-13(12)19(21)25/h4-5,8-9,12-13H,2-3,6-7,10-11H2,1H3,(H,20,22)/t12-,13-/m1/s1. The topological polar surface area (TPSA) is 102 Å². The SMILES string of the molecule is COc1ccccc1NC(=O)COC(=O)CN1C(=O)[C@@H]2CCCC[C@H]2C1=O. The van der Waals surface area contributed by atoms with E-state index >= 15 is 0 Å². The van der Waals surface area contributed by atoms with Crippen LogP contribution in [0, 0.1) is 11.8 Å². The van der Waals surface area contributed by atoms with E-state index in [1.807, 2.05) is 0 Å². The summed E-state index contributed by atoms with van der Waals surface area (Å²) in [5, 5.41) is 2.58. The van der Waals surface area contributed by atoms with Gasteiger partial charge in [-0.25, -0.2) is 0 Å². The quantitative estimate of drug-likeness (QED) is 0.596. The molecule has 1 aromatic carbocycles. The van der Waals surface area contributed by atoms with Crippen LogP contribution in [0.2, 0.25) is 0 Å². The van der Waals surface area contributed by atoms with Crippen molar-refractivity contribution >= 4 is 29.4 Å². The highest BCUT2D eigenvalue weighted by atomic mass is 16.5. The van der Waals surface area contributed by atoms with Crippen LogP contribution < -0.4 is 10.1 Å². The number of carbonyl (C=O) groups is 4. The van der Waals surface area contributed by atoms with E-state index in [0.29, 0.717) is 24.3 Å². The molecule has 2 atom stereocenters. The van der Waals surface area contributed by atoms with Crippen LogP contribution in [0.5, 0.6) is 5.75 Å². The Labute approximate surface area is 156 Å². The number of benzene rings is 1. The zero-order valence-electron chi connectivity index (χ0n) is 15.1. The van der Waals surface area contributed by atoms with Crippen molar-refractivity contribution in [2.45, 2.75) is 25.7 Å². The molecule has 1 aromatic rings. The Morgan fingerprint density at radius 1 is 1.11 bits per heavy atom.